The summed E-state index contributed by atoms with van der Waals surface area (Å²) in [5.74, 6) is 0.955. The van der Waals surface area contributed by atoms with Crippen LogP contribution in [0.5, 0.6) is 0 Å². The first-order valence-electron chi connectivity index (χ1n) is 8.64. The average Bonchev–Trinajstić information content (AvgIpc) is 3.27. The third kappa shape index (κ3) is 5.12. The Balaban J connectivity index is 2.08. The molecule has 0 amide bonds. The van der Waals surface area contributed by atoms with E-state index in [0.29, 0.717) is 12.1 Å². The molecule has 0 heterocycles. The number of hydrogen-bond acceptors (Lipinski definition) is 2. The van der Waals surface area contributed by atoms with E-state index in [0.717, 1.165) is 19.0 Å². The number of rotatable bonds is 9. The van der Waals surface area contributed by atoms with Gasteiger partial charge in [-0.3, -0.25) is 4.90 Å². The van der Waals surface area contributed by atoms with Crippen molar-refractivity contribution < 1.29 is 0 Å². The maximum atomic E-state index is 3.76. The molecule has 2 nitrogen and oxygen atoms in total. The van der Waals surface area contributed by atoms with Gasteiger partial charge in [0.1, 0.15) is 0 Å². The molecule has 1 unspecified atom stereocenters. The molecule has 1 saturated carbocycles. The quantitative estimate of drug-likeness (QED) is 0.734. The van der Waals surface area contributed by atoms with E-state index in [4.69, 9.17) is 0 Å². The fraction of sp³-hybridized carbons (Fsp3) is 0.684. The lowest BCUT2D eigenvalue weighted by Gasteiger charge is -2.32. The molecule has 1 aliphatic carbocycles. The summed E-state index contributed by atoms with van der Waals surface area (Å²) in [6, 6.07) is 9.91. The highest BCUT2D eigenvalue weighted by Gasteiger charge is 2.27. The molecule has 21 heavy (non-hydrogen) atoms. The number of nitrogens with zero attached hydrogens (tertiary/aromatic N) is 1. The Hall–Kier alpha value is -0.860. The van der Waals surface area contributed by atoms with Gasteiger partial charge in [-0.15, -0.1) is 0 Å². The predicted octanol–water partition coefficient (Wildman–Crippen LogP) is 4.16. The van der Waals surface area contributed by atoms with Crippen molar-refractivity contribution in [3.63, 3.8) is 0 Å². The zero-order valence-corrected chi connectivity index (χ0v) is 14.2. The van der Waals surface area contributed by atoms with Crippen LogP contribution in [0.15, 0.2) is 24.3 Å². The third-order valence-electron chi connectivity index (χ3n) is 4.54. The highest BCUT2D eigenvalue weighted by atomic mass is 15.2. The van der Waals surface area contributed by atoms with Gasteiger partial charge in [0.05, 0.1) is 0 Å². The van der Waals surface area contributed by atoms with Gasteiger partial charge in [0.15, 0.2) is 0 Å². The molecule has 2 heteroatoms. The normalized spacial score (nSPS) is 16.7. The summed E-state index contributed by atoms with van der Waals surface area (Å²) >= 11 is 0. The van der Waals surface area contributed by atoms with Gasteiger partial charge >= 0.3 is 0 Å². The molecule has 0 aliphatic heterocycles. The highest BCUT2D eigenvalue weighted by molar-refractivity contribution is 5.29. The molecule has 1 aliphatic rings. The monoisotopic (exact) mass is 288 g/mol. The van der Waals surface area contributed by atoms with Crippen LogP contribution in [0.1, 0.15) is 57.2 Å². The number of benzene rings is 1. The van der Waals surface area contributed by atoms with E-state index in [9.17, 15) is 0 Å². The maximum absolute atomic E-state index is 3.76. The Kier molecular flexibility index (Phi) is 6.25. The average molecular weight is 288 g/mol. The van der Waals surface area contributed by atoms with Gasteiger partial charge < -0.3 is 5.32 Å². The van der Waals surface area contributed by atoms with Crippen LogP contribution in [0.2, 0.25) is 0 Å². The topological polar surface area (TPSA) is 15.3 Å². The molecule has 0 aromatic heterocycles. The molecule has 2 rings (SSSR count). The lowest BCUT2D eigenvalue weighted by molar-refractivity contribution is 0.189. The van der Waals surface area contributed by atoms with Gasteiger partial charge in [0, 0.05) is 25.2 Å². The number of nitrogens with one attached hydrogen (secondary N) is 1. The maximum Gasteiger partial charge on any atom is 0.0452 e. The molecule has 1 aromatic rings. The Morgan fingerprint density at radius 2 is 1.95 bits per heavy atom. The largest absolute Gasteiger partial charge is 0.309 e. The molecule has 1 fully saturated rings. The summed E-state index contributed by atoms with van der Waals surface area (Å²) in [7, 11) is 0. The van der Waals surface area contributed by atoms with Crippen molar-refractivity contribution in [1.82, 2.24) is 10.2 Å². The molecule has 0 radical (unpaired) electrons. The van der Waals surface area contributed by atoms with Crippen LogP contribution in [0.4, 0.5) is 0 Å². The zero-order valence-electron chi connectivity index (χ0n) is 14.2. The van der Waals surface area contributed by atoms with E-state index in [1.54, 1.807) is 0 Å². The second-order valence-corrected chi connectivity index (χ2v) is 6.85. The van der Waals surface area contributed by atoms with Gasteiger partial charge in [0.2, 0.25) is 0 Å². The van der Waals surface area contributed by atoms with Crippen LogP contribution in [0.25, 0.3) is 0 Å². The van der Waals surface area contributed by atoms with Gasteiger partial charge in [0.25, 0.3) is 0 Å². The van der Waals surface area contributed by atoms with Crippen LogP contribution in [0, 0.1) is 12.8 Å². The van der Waals surface area contributed by atoms with Crippen LogP contribution < -0.4 is 5.32 Å². The van der Waals surface area contributed by atoms with Crippen LogP contribution in [-0.2, 0) is 0 Å². The predicted molar refractivity (Wildman–Crippen MR) is 91.6 cm³/mol. The third-order valence-corrected chi connectivity index (χ3v) is 4.54. The fourth-order valence-corrected chi connectivity index (χ4v) is 2.93. The first-order chi connectivity index (χ1) is 10.1. The van der Waals surface area contributed by atoms with Crippen molar-refractivity contribution >= 4 is 0 Å². The molecular formula is C19H32N2. The van der Waals surface area contributed by atoms with E-state index in [-0.39, 0.29) is 0 Å². The lowest BCUT2D eigenvalue weighted by Crippen LogP contribution is -2.40. The number of hydrogen-bond donors (Lipinski definition) is 1. The van der Waals surface area contributed by atoms with Crippen molar-refractivity contribution in [2.24, 2.45) is 5.92 Å². The molecule has 118 valence electrons. The number of aryl methyl sites for hydroxylation is 1. The first-order valence-corrected chi connectivity index (χ1v) is 8.64. The summed E-state index contributed by atoms with van der Waals surface area (Å²) < 4.78 is 0. The Morgan fingerprint density at radius 1 is 1.24 bits per heavy atom. The molecule has 1 aromatic carbocycles. The van der Waals surface area contributed by atoms with Crippen LogP contribution in [-0.4, -0.2) is 30.6 Å². The molecule has 1 N–H and O–H groups in total. The van der Waals surface area contributed by atoms with Crippen molar-refractivity contribution in [2.45, 2.75) is 59.0 Å². The summed E-state index contributed by atoms with van der Waals surface area (Å²) in [6.45, 7) is 12.6. The molecular weight excluding hydrogens is 256 g/mol. The summed E-state index contributed by atoms with van der Waals surface area (Å²) in [5, 5.41) is 3.76. The fourth-order valence-electron chi connectivity index (χ4n) is 2.93. The lowest BCUT2D eigenvalue weighted by atomic mass is 10.00. The van der Waals surface area contributed by atoms with Gasteiger partial charge in [-0.25, -0.2) is 0 Å². The minimum absolute atomic E-state index is 0.451. The van der Waals surface area contributed by atoms with Crippen molar-refractivity contribution in [3.05, 3.63) is 35.4 Å². The van der Waals surface area contributed by atoms with Crippen molar-refractivity contribution in [3.8, 4) is 0 Å². The standard InChI is InChI=1S/C19H32N2/c1-5-12-20-19(18-9-7-6-8-16(18)4)14-21(15(2)3)13-17-10-11-17/h6-9,15,17,19-20H,5,10-14H2,1-4H3. The Labute approximate surface area is 130 Å². The van der Waals surface area contributed by atoms with E-state index in [1.807, 2.05) is 0 Å². The molecule has 0 bridgehead atoms. The smallest absolute Gasteiger partial charge is 0.0452 e. The van der Waals surface area contributed by atoms with Crippen molar-refractivity contribution in [2.75, 3.05) is 19.6 Å². The summed E-state index contributed by atoms with van der Waals surface area (Å²) in [4.78, 5) is 2.66. The van der Waals surface area contributed by atoms with E-state index in [2.05, 4.69) is 62.2 Å². The summed E-state index contributed by atoms with van der Waals surface area (Å²) in [6.07, 6.45) is 4.05. The Morgan fingerprint density at radius 3 is 2.52 bits per heavy atom. The molecule has 0 spiro atoms. The van der Waals surface area contributed by atoms with Crippen LogP contribution in [0.3, 0.4) is 0 Å². The highest BCUT2D eigenvalue weighted by Crippen LogP contribution is 2.31. The SMILES string of the molecule is CCCNC(CN(CC1CC1)C(C)C)c1ccccc1C. The first kappa shape index (κ1) is 16.5. The minimum atomic E-state index is 0.451. The zero-order chi connectivity index (χ0) is 15.2. The molecule has 0 saturated heterocycles. The second kappa shape index (κ2) is 7.95. The van der Waals surface area contributed by atoms with Gasteiger partial charge in [-0.05, 0) is 63.6 Å². The summed E-state index contributed by atoms with van der Waals surface area (Å²) in [5.41, 5.74) is 2.87. The van der Waals surface area contributed by atoms with E-state index >= 15 is 0 Å². The molecule has 1 atom stereocenters. The van der Waals surface area contributed by atoms with Crippen molar-refractivity contribution in [1.29, 1.82) is 0 Å². The van der Waals surface area contributed by atoms with Gasteiger partial charge in [-0.2, -0.15) is 0 Å². The minimum Gasteiger partial charge on any atom is -0.309 e. The Bertz CT molecular complexity index is 423. The van der Waals surface area contributed by atoms with Gasteiger partial charge in [-0.1, -0.05) is 31.2 Å². The van der Waals surface area contributed by atoms with Crippen LogP contribution >= 0.6 is 0 Å². The second-order valence-electron chi connectivity index (χ2n) is 6.85. The van der Waals surface area contributed by atoms with E-state index in [1.165, 1.54) is 36.9 Å². The van der Waals surface area contributed by atoms with E-state index < -0.39 is 0 Å².